The van der Waals surface area contributed by atoms with Gasteiger partial charge in [-0.15, -0.1) is 0 Å². The van der Waals surface area contributed by atoms with E-state index in [0.29, 0.717) is 24.9 Å². The maximum absolute atomic E-state index is 12.8. The van der Waals surface area contributed by atoms with Gasteiger partial charge in [-0.3, -0.25) is 14.6 Å². The molecule has 0 aromatic carbocycles. The van der Waals surface area contributed by atoms with Crippen molar-refractivity contribution in [3.8, 4) is 0 Å². The monoisotopic (exact) mass is 329 g/mol. The third-order valence-corrected chi connectivity index (χ3v) is 4.37. The van der Waals surface area contributed by atoms with Crippen LogP contribution in [0.1, 0.15) is 19.5 Å². The Balaban J connectivity index is 1.99. The highest BCUT2D eigenvalue weighted by atomic mass is 19.4. The average Bonchev–Trinajstić information content (AvgIpc) is 2.50. The van der Waals surface area contributed by atoms with Crippen LogP contribution in [-0.4, -0.2) is 59.5 Å². The number of anilines is 2. The molecule has 23 heavy (non-hydrogen) atoms. The first-order valence-electron chi connectivity index (χ1n) is 7.42. The molecule has 2 aliphatic rings. The minimum absolute atomic E-state index is 0.0286. The summed E-state index contributed by atoms with van der Waals surface area (Å²) in [7, 11) is 1.45. The molecule has 0 unspecified atom stereocenters. The summed E-state index contributed by atoms with van der Waals surface area (Å²) in [4.78, 5) is 25.3. The number of rotatable bonds is 1. The summed E-state index contributed by atoms with van der Waals surface area (Å²) in [5.74, 6) is 0.0593. The summed E-state index contributed by atoms with van der Waals surface area (Å²) in [5.41, 5.74) is -1.09. The lowest BCUT2D eigenvalue weighted by Gasteiger charge is -2.47. The van der Waals surface area contributed by atoms with Crippen molar-refractivity contribution in [3.63, 3.8) is 0 Å². The van der Waals surface area contributed by atoms with Gasteiger partial charge in [0, 0.05) is 32.7 Å². The third kappa shape index (κ3) is 2.62. The van der Waals surface area contributed by atoms with Crippen molar-refractivity contribution < 1.29 is 18.0 Å². The largest absolute Gasteiger partial charge is 0.434 e. The topological polar surface area (TPSA) is 52.6 Å². The molecule has 1 aromatic rings. The van der Waals surface area contributed by atoms with E-state index in [2.05, 4.69) is 28.7 Å². The van der Waals surface area contributed by atoms with Gasteiger partial charge in [0.05, 0.1) is 6.20 Å². The fourth-order valence-corrected chi connectivity index (χ4v) is 3.00. The number of hydrogen-bond acceptors (Lipinski definition) is 5. The van der Waals surface area contributed by atoms with Gasteiger partial charge in [0.1, 0.15) is 6.04 Å². The van der Waals surface area contributed by atoms with Gasteiger partial charge in [0.2, 0.25) is 0 Å². The summed E-state index contributed by atoms with van der Waals surface area (Å²) in [6.07, 6.45) is -3.85. The second kappa shape index (κ2) is 5.33. The molecule has 6 nitrogen and oxygen atoms in total. The lowest BCUT2D eigenvalue weighted by atomic mass is 10.1. The zero-order chi connectivity index (χ0) is 16.9. The smallest absolute Gasteiger partial charge is 0.339 e. The van der Waals surface area contributed by atoms with Gasteiger partial charge in [0.15, 0.2) is 17.3 Å². The Labute approximate surface area is 131 Å². The van der Waals surface area contributed by atoms with Crippen molar-refractivity contribution in [2.24, 2.45) is 0 Å². The van der Waals surface area contributed by atoms with Crippen molar-refractivity contribution in [1.29, 1.82) is 0 Å². The second-order valence-corrected chi connectivity index (χ2v) is 6.10. The molecule has 0 radical (unpaired) electrons. The van der Waals surface area contributed by atoms with Crippen LogP contribution in [-0.2, 0) is 11.0 Å². The molecule has 3 heterocycles. The summed E-state index contributed by atoms with van der Waals surface area (Å²) in [5, 5.41) is 0. The number of amides is 1. The minimum Gasteiger partial charge on any atom is -0.339 e. The highest BCUT2D eigenvalue weighted by molar-refractivity contribution is 6.03. The molecule has 0 saturated carbocycles. The Morgan fingerprint density at radius 1 is 1.26 bits per heavy atom. The highest BCUT2D eigenvalue weighted by Gasteiger charge is 2.43. The van der Waals surface area contributed by atoms with Crippen LogP contribution in [0.3, 0.4) is 0 Å². The highest BCUT2D eigenvalue weighted by Crippen LogP contribution is 2.36. The van der Waals surface area contributed by atoms with Crippen LogP contribution < -0.4 is 9.80 Å². The van der Waals surface area contributed by atoms with E-state index in [-0.39, 0.29) is 11.7 Å². The first-order valence-corrected chi connectivity index (χ1v) is 7.42. The first kappa shape index (κ1) is 16.0. The molecule has 9 heteroatoms. The lowest BCUT2D eigenvalue weighted by Crippen LogP contribution is -2.63. The Morgan fingerprint density at radius 2 is 1.96 bits per heavy atom. The minimum atomic E-state index is -4.58. The van der Waals surface area contributed by atoms with E-state index in [4.69, 9.17) is 0 Å². The van der Waals surface area contributed by atoms with Crippen LogP contribution >= 0.6 is 0 Å². The van der Waals surface area contributed by atoms with Crippen LogP contribution in [0.5, 0.6) is 0 Å². The lowest BCUT2D eigenvalue weighted by molar-refractivity contribution is -0.141. The maximum Gasteiger partial charge on any atom is 0.434 e. The van der Waals surface area contributed by atoms with Crippen molar-refractivity contribution in [3.05, 3.63) is 11.9 Å². The van der Waals surface area contributed by atoms with Crippen molar-refractivity contribution >= 4 is 17.5 Å². The van der Waals surface area contributed by atoms with Gasteiger partial charge < -0.3 is 4.90 Å². The van der Waals surface area contributed by atoms with Gasteiger partial charge in [-0.25, -0.2) is 9.97 Å². The fourth-order valence-electron chi connectivity index (χ4n) is 3.00. The number of alkyl halides is 3. The zero-order valence-corrected chi connectivity index (χ0v) is 13.1. The summed E-state index contributed by atoms with van der Waals surface area (Å²) >= 11 is 0. The van der Waals surface area contributed by atoms with E-state index in [1.165, 1.54) is 11.9 Å². The Morgan fingerprint density at radius 3 is 2.57 bits per heavy atom. The molecule has 0 aliphatic carbocycles. The zero-order valence-electron chi connectivity index (χ0n) is 13.1. The Bertz CT molecular complexity index is 633. The molecule has 126 valence electrons. The number of hydrogen-bond donors (Lipinski definition) is 0. The fraction of sp³-hybridized carbons (Fsp3) is 0.643. The number of piperazine rings is 1. The van der Waals surface area contributed by atoms with Gasteiger partial charge in [-0.2, -0.15) is 13.2 Å². The molecular formula is C14H18F3N5O. The SMILES string of the molecule is CC(C)N1CCN2c3ncc(C(F)(F)F)nc3N(C)C(=O)[C@@H]2C1. The van der Waals surface area contributed by atoms with Gasteiger partial charge in [-0.1, -0.05) is 0 Å². The number of halogens is 3. The van der Waals surface area contributed by atoms with E-state index < -0.39 is 17.9 Å². The molecule has 3 rings (SSSR count). The normalized spacial score (nSPS) is 22.4. The summed E-state index contributed by atoms with van der Waals surface area (Å²) in [6.45, 7) is 5.90. The second-order valence-electron chi connectivity index (χ2n) is 6.10. The van der Waals surface area contributed by atoms with Gasteiger partial charge in [-0.05, 0) is 13.8 Å². The Hall–Kier alpha value is -1.90. The van der Waals surface area contributed by atoms with Crippen LogP contribution in [0.25, 0.3) is 0 Å². The van der Waals surface area contributed by atoms with Crippen LogP contribution in [0.4, 0.5) is 24.8 Å². The van der Waals surface area contributed by atoms with E-state index in [9.17, 15) is 18.0 Å². The van der Waals surface area contributed by atoms with Crippen molar-refractivity contribution in [2.45, 2.75) is 32.1 Å². The van der Waals surface area contributed by atoms with Crippen molar-refractivity contribution in [1.82, 2.24) is 14.9 Å². The number of likely N-dealkylation sites (N-methyl/N-ethyl adjacent to an activating group) is 1. The average molecular weight is 329 g/mol. The molecular weight excluding hydrogens is 311 g/mol. The Kier molecular flexibility index (Phi) is 3.70. The van der Waals surface area contributed by atoms with E-state index in [1.807, 2.05) is 0 Å². The van der Waals surface area contributed by atoms with Gasteiger partial charge in [0.25, 0.3) is 5.91 Å². The molecule has 1 amide bonds. The summed E-state index contributed by atoms with van der Waals surface area (Å²) in [6, 6.07) is -0.134. The molecule has 1 atom stereocenters. The van der Waals surface area contributed by atoms with Crippen molar-refractivity contribution in [2.75, 3.05) is 36.5 Å². The molecule has 0 spiro atoms. The molecule has 1 saturated heterocycles. The standard InChI is InChI=1S/C14H18F3N5O/c1-8(2)21-4-5-22-9(7-21)13(23)20(3)12-11(22)18-6-10(19-12)14(15,16)17/h6,8-9H,4-5,7H2,1-3H3/t9-/m0/s1. The predicted molar refractivity (Wildman–Crippen MR) is 78.3 cm³/mol. The quantitative estimate of drug-likeness (QED) is 0.779. The molecule has 1 fully saturated rings. The maximum atomic E-state index is 12.8. The van der Waals surface area contributed by atoms with E-state index in [0.717, 1.165) is 12.7 Å². The number of carbonyl (C=O) groups excluding carboxylic acids is 1. The number of aromatic nitrogens is 2. The molecule has 0 bridgehead atoms. The molecule has 0 N–H and O–H groups in total. The van der Waals surface area contributed by atoms with Gasteiger partial charge >= 0.3 is 6.18 Å². The first-order chi connectivity index (χ1) is 10.7. The predicted octanol–water partition coefficient (Wildman–Crippen LogP) is 1.37. The van der Waals surface area contributed by atoms with E-state index >= 15 is 0 Å². The molecule has 2 aliphatic heterocycles. The van der Waals surface area contributed by atoms with E-state index in [1.54, 1.807) is 4.90 Å². The number of carbonyl (C=O) groups is 1. The number of fused-ring (bicyclic) bond motifs is 3. The van der Waals surface area contributed by atoms with Crippen LogP contribution in [0.2, 0.25) is 0 Å². The number of nitrogens with zero attached hydrogens (tertiary/aromatic N) is 5. The summed E-state index contributed by atoms with van der Waals surface area (Å²) < 4.78 is 38.5. The van der Waals surface area contributed by atoms with Crippen LogP contribution in [0, 0.1) is 0 Å². The van der Waals surface area contributed by atoms with Crippen LogP contribution in [0.15, 0.2) is 6.20 Å². The molecule has 1 aromatic heterocycles. The third-order valence-electron chi connectivity index (χ3n) is 4.37.